The van der Waals surface area contributed by atoms with Crippen LogP contribution in [0.4, 0.5) is 0 Å². The van der Waals surface area contributed by atoms with E-state index in [9.17, 15) is 0 Å². The largest absolute Gasteiger partial charge is 0.134 e. The number of hydrogen-bond donors (Lipinski definition) is 0. The molecule has 0 unspecified atom stereocenters. The minimum absolute atomic E-state index is 1.25. The third kappa shape index (κ3) is 1.66. The molecule has 0 radical (unpaired) electrons. The van der Waals surface area contributed by atoms with Crippen LogP contribution in [-0.2, 0) is 0 Å². The second-order valence-electron chi connectivity index (χ2n) is 2.56. The van der Waals surface area contributed by atoms with E-state index in [4.69, 9.17) is 0 Å². The quantitative estimate of drug-likeness (QED) is 0.587. The molecule has 1 rings (SSSR count). The minimum Gasteiger partial charge on any atom is -0.134 e. The van der Waals surface area contributed by atoms with Gasteiger partial charge in [-0.25, -0.2) is 0 Å². The summed E-state index contributed by atoms with van der Waals surface area (Å²) in [6.45, 7) is 3.81. The zero-order chi connectivity index (χ0) is 7.40. The van der Waals surface area contributed by atoms with E-state index in [1.54, 1.807) is 4.91 Å². The van der Waals surface area contributed by atoms with Gasteiger partial charge in [0.15, 0.2) is 0 Å². The summed E-state index contributed by atoms with van der Waals surface area (Å²) in [6, 6.07) is 0. The molecular formula is C9H14S. The lowest BCUT2D eigenvalue weighted by molar-refractivity contribution is 0.705. The van der Waals surface area contributed by atoms with Gasteiger partial charge in [-0.05, 0) is 42.4 Å². The van der Waals surface area contributed by atoms with E-state index in [0.717, 1.165) is 0 Å². The maximum atomic E-state index is 3.81. The molecule has 0 aromatic heterocycles. The van der Waals surface area contributed by atoms with E-state index in [2.05, 4.69) is 12.8 Å². The molecule has 0 aliphatic heterocycles. The Morgan fingerprint density at radius 2 is 2.10 bits per heavy atom. The molecule has 0 N–H and O–H groups in total. The molecule has 1 aliphatic carbocycles. The van der Waals surface area contributed by atoms with Crippen molar-refractivity contribution in [3.05, 3.63) is 23.1 Å². The topological polar surface area (TPSA) is 0 Å². The minimum atomic E-state index is 1.25. The van der Waals surface area contributed by atoms with Crippen LogP contribution in [0.1, 0.15) is 25.7 Å². The zero-order valence-electron chi connectivity index (χ0n) is 6.52. The maximum Gasteiger partial charge on any atom is -0.0123 e. The van der Waals surface area contributed by atoms with E-state index >= 15 is 0 Å². The number of hydrogen-bond acceptors (Lipinski definition) is 1. The van der Waals surface area contributed by atoms with Crippen molar-refractivity contribution in [3.8, 4) is 0 Å². The van der Waals surface area contributed by atoms with Crippen LogP contribution < -0.4 is 0 Å². The standard InChI is InChI=1S/C9H14S/c1-3-8-6-4-5-7-9(8)10-2/h3H,1,4-7H2,2H3. The fourth-order valence-electron chi connectivity index (χ4n) is 1.35. The Morgan fingerprint density at radius 1 is 1.40 bits per heavy atom. The first kappa shape index (κ1) is 7.93. The summed E-state index contributed by atoms with van der Waals surface area (Å²) in [5.74, 6) is 0. The highest BCUT2D eigenvalue weighted by molar-refractivity contribution is 8.02. The molecule has 56 valence electrons. The van der Waals surface area contributed by atoms with Crippen molar-refractivity contribution in [2.75, 3.05) is 6.26 Å². The monoisotopic (exact) mass is 154 g/mol. The summed E-state index contributed by atoms with van der Waals surface area (Å²) >= 11 is 1.89. The van der Waals surface area contributed by atoms with Crippen molar-refractivity contribution in [3.63, 3.8) is 0 Å². The molecule has 10 heavy (non-hydrogen) atoms. The average molecular weight is 154 g/mol. The Hall–Kier alpha value is -0.170. The van der Waals surface area contributed by atoms with Crippen LogP contribution in [0, 0.1) is 0 Å². The Morgan fingerprint density at radius 3 is 2.60 bits per heavy atom. The van der Waals surface area contributed by atoms with Crippen LogP contribution in [0.25, 0.3) is 0 Å². The second kappa shape index (κ2) is 3.87. The van der Waals surface area contributed by atoms with Gasteiger partial charge in [0.2, 0.25) is 0 Å². The molecule has 1 heteroatoms. The Labute approximate surface area is 67.4 Å². The third-order valence-corrected chi connectivity index (χ3v) is 2.91. The van der Waals surface area contributed by atoms with Crippen molar-refractivity contribution in [1.82, 2.24) is 0 Å². The lowest BCUT2D eigenvalue weighted by Gasteiger charge is -2.15. The predicted molar refractivity (Wildman–Crippen MR) is 49.2 cm³/mol. The molecule has 0 spiro atoms. The van der Waals surface area contributed by atoms with Crippen LogP contribution in [0.2, 0.25) is 0 Å². The summed E-state index contributed by atoms with van der Waals surface area (Å²) < 4.78 is 0. The molecule has 0 aromatic rings. The van der Waals surface area contributed by atoms with Crippen LogP contribution >= 0.6 is 11.8 Å². The molecule has 0 saturated carbocycles. The zero-order valence-corrected chi connectivity index (χ0v) is 7.34. The van der Waals surface area contributed by atoms with Gasteiger partial charge in [-0.1, -0.05) is 12.7 Å². The summed E-state index contributed by atoms with van der Waals surface area (Å²) in [4.78, 5) is 1.56. The number of allylic oxidation sites excluding steroid dienone is 3. The van der Waals surface area contributed by atoms with Gasteiger partial charge in [-0.2, -0.15) is 0 Å². The van der Waals surface area contributed by atoms with Gasteiger partial charge in [0.05, 0.1) is 0 Å². The lowest BCUT2D eigenvalue weighted by Crippen LogP contribution is -1.94. The van der Waals surface area contributed by atoms with Gasteiger partial charge in [0.25, 0.3) is 0 Å². The molecular weight excluding hydrogens is 140 g/mol. The third-order valence-electron chi connectivity index (χ3n) is 1.95. The SMILES string of the molecule is C=CC1=C(SC)CCCC1. The first-order chi connectivity index (χ1) is 4.88. The van der Waals surface area contributed by atoms with E-state index in [1.807, 2.05) is 17.8 Å². The molecule has 0 saturated heterocycles. The summed E-state index contributed by atoms with van der Waals surface area (Å²) in [5, 5.41) is 0. The molecule has 0 heterocycles. The molecule has 0 nitrogen and oxygen atoms in total. The Bertz CT molecular complexity index is 156. The van der Waals surface area contributed by atoms with Gasteiger partial charge in [0.1, 0.15) is 0 Å². The summed E-state index contributed by atoms with van der Waals surface area (Å²) in [5.41, 5.74) is 1.48. The maximum absolute atomic E-state index is 3.81. The first-order valence-electron chi connectivity index (χ1n) is 3.77. The van der Waals surface area contributed by atoms with E-state index in [0.29, 0.717) is 0 Å². The van der Waals surface area contributed by atoms with Crippen molar-refractivity contribution in [1.29, 1.82) is 0 Å². The Balaban J connectivity index is 2.72. The van der Waals surface area contributed by atoms with Gasteiger partial charge < -0.3 is 0 Å². The van der Waals surface area contributed by atoms with Gasteiger partial charge >= 0.3 is 0 Å². The predicted octanol–water partition coefficient (Wildman–Crippen LogP) is 3.36. The van der Waals surface area contributed by atoms with Crippen molar-refractivity contribution < 1.29 is 0 Å². The van der Waals surface area contributed by atoms with E-state index in [-0.39, 0.29) is 0 Å². The average Bonchev–Trinajstić information content (AvgIpc) is 2.04. The summed E-state index contributed by atoms with van der Waals surface area (Å²) in [7, 11) is 0. The highest BCUT2D eigenvalue weighted by Crippen LogP contribution is 2.31. The van der Waals surface area contributed by atoms with Gasteiger partial charge in [-0.15, -0.1) is 11.8 Å². The van der Waals surface area contributed by atoms with Crippen molar-refractivity contribution in [2.45, 2.75) is 25.7 Å². The molecule has 0 amide bonds. The highest BCUT2D eigenvalue weighted by atomic mass is 32.2. The molecule has 0 atom stereocenters. The van der Waals surface area contributed by atoms with Gasteiger partial charge in [0, 0.05) is 0 Å². The van der Waals surface area contributed by atoms with E-state index < -0.39 is 0 Å². The van der Waals surface area contributed by atoms with E-state index in [1.165, 1.54) is 31.3 Å². The fourth-order valence-corrected chi connectivity index (χ4v) is 2.15. The molecule has 0 fully saturated rings. The smallest absolute Gasteiger partial charge is 0.0123 e. The molecule has 0 aromatic carbocycles. The lowest BCUT2D eigenvalue weighted by atomic mass is 10.00. The van der Waals surface area contributed by atoms with Gasteiger partial charge in [-0.3, -0.25) is 0 Å². The fraction of sp³-hybridized carbons (Fsp3) is 0.556. The second-order valence-corrected chi connectivity index (χ2v) is 3.46. The molecule has 1 aliphatic rings. The summed E-state index contributed by atoms with van der Waals surface area (Å²) in [6.07, 6.45) is 9.43. The Kier molecular flexibility index (Phi) is 3.07. The first-order valence-corrected chi connectivity index (χ1v) is 4.99. The van der Waals surface area contributed by atoms with Crippen molar-refractivity contribution >= 4 is 11.8 Å². The molecule has 0 bridgehead atoms. The van der Waals surface area contributed by atoms with Crippen LogP contribution in [0.15, 0.2) is 23.1 Å². The number of rotatable bonds is 2. The van der Waals surface area contributed by atoms with Crippen LogP contribution in [0.5, 0.6) is 0 Å². The van der Waals surface area contributed by atoms with Crippen LogP contribution in [-0.4, -0.2) is 6.26 Å². The van der Waals surface area contributed by atoms with Crippen molar-refractivity contribution in [2.24, 2.45) is 0 Å². The highest BCUT2D eigenvalue weighted by Gasteiger charge is 2.07. The normalized spacial score (nSPS) is 19.3. The number of thioether (sulfide) groups is 1. The van der Waals surface area contributed by atoms with Crippen LogP contribution in [0.3, 0.4) is 0 Å².